The minimum atomic E-state index is -0.456. The summed E-state index contributed by atoms with van der Waals surface area (Å²) < 4.78 is 4.48. The number of halogens is 1. The highest BCUT2D eigenvalue weighted by Crippen LogP contribution is 2.19. The third kappa shape index (κ3) is 2.12. The van der Waals surface area contributed by atoms with Crippen LogP contribution in [0.5, 0.6) is 0 Å². The summed E-state index contributed by atoms with van der Waals surface area (Å²) in [6.45, 7) is 0. The van der Waals surface area contributed by atoms with Gasteiger partial charge in [0, 0.05) is 11.0 Å². The number of hydrogen-bond acceptors (Lipinski definition) is 4. The highest BCUT2D eigenvalue weighted by molar-refractivity contribution is 8.21. The quantitative estimate of drug-likeness (QED) is 0.691. The van der Waals surface area contributed by atoms with Gasteiger partial charge in [0.15, 0.2) is 0 Å². The van der Waals surface area contributed by atoms with Crippen LogP contribution in [0.15, 0.2) is 23.2 Å². The molecule has 0 fully saturated rings. The molecule has 0 N–H and O–H groups in total. The van der Waals surface area contributed by atoms with Gasteiger partial charge in [0.2, 0.25) is 0 Å². The highest BCUT2D eigenvalue weighted by atomic mass is 35.7. The first-order valence-corrected chi connectivity index (χ1v) is 4.76. The van der Waals surface area contributed by atoms with E-state index in [9.17, 15) is 4.79 Å². The van der Waals surface area contributed by atoms with Gasteiger partial charge in [-0.15, -0.1) is 0 Å². The Morgan fingerprint density at radius 3 is 3.00 bits per heavy atom. The average Bonchev–Trinajstić information content (AvgIpc) is 2.17. The molecular weight excluding hydrogens is 198 g/mol. The molecule has 0 aromatic carbocycles. The summed E-state index contributed by atoms with van der Waals surface area (Å²) in [4.78, 5) is 14.9. The molecule has 5 heteroatoms. The fraction of sp³-hybridized carbons (Fsp3) is 0.143. The lowest BCUT2D eigenvalue weighted by Gasteiger charge is -1.98. The first-order chi connectivity index (χ1) is 5.77. The maximum atomic E-state index is 10.9. The van der Waals surface area contributed by atoms with Gasteiger partial charge in [-0.3, -0.25) is 0 Å². The molecule has 12 heavy (non-hydrogen) atoms. The van der Waals surface area contributed by atoms with E-state index in [2.05, 4.69) is 9.72 Å². The number of carbonyl (C=O) groups is 1. The molecule has 1 aromatic heterocycles. The topological polar surface area (TPSA) is 39.2 Å². The van der Waals surface area contributed by atoms with E-state index >= 15 is 0 Å². The van der Waals surface area contributed by atoms with Crippen LogP contribution in [0.2, 0.25) is 0 Å². The van der Waals surface area contributed by atoms with Gasteiger partial charge in [0.1, 0.15) is 10.7 Å². The molecule has 1 heterocycles. The highest BCUT2D eigenvalue weighted by Gasteiger charge is 2.06. The van der Waals surface area contributed by atoms with E-state index in [0.29, 0.717) is 5.03 Å². The minimum absolute atomic E-state index is 0.267. The van der Waals surface area contributed by atoms with E-state index < -0.39 is 5.97 Å². The number of rotatable bonds is 2. The molecule has 0 unspecified atom stereocenters. The molecular formula is C7H6ClNO2S. The molecule has 1 aromatic rings. The Morgan fingerprint density at radius 1 is 1.67 bits per heavy atom. The smallest absolute Gasteiger partial charge is 0.356 e. The average molecular weight is 204 g/mol. The molecule has 1 rings (SSSR count). The number of nitrogens with zero attached hydrogens (tertiary/aromatic N) is 1. The van der Waals surface area contributed by atoms with E-state index in [0.717, 1.165) is 11.0 Å². The van der Waals surface area contributed by atoms with E-state index in [1.165, 1.54) is 7.11 Å². The van der Waals surface area contributed by atoms with Crippen LogP contribution < -0.4 is 0 Å². The predicted molar refractivity (Wildman–Crippen MR) is 47.3 cm³/mol. The van der Waals surface area contributed by atoms with Crippen molar-refractivity contribution in [2.75, 3.05) is 7.11 Å². The van der Waals surface area contributed by atoms with Crippen LogP contribution in [-0.4, -0.2) is 18.1 Å². The van der Waals surface area contributed by atoms with Crippen molar-refractivity contribution in [3.8, 4) is 0 Å². The van der Waals surface area contributed by atoms with Crippen LogP contribution in [0.1, 0.15) is 10.5 Å². The van der Waals surface area contributed by atoms with Gasteiger partial charge in [-0.05, 0) is 22.8 Å². The van der Waals surface area contributed by atoms with Crippen molar-refractivity contribution < 1.29 is 9.53 Å². The fourth-order valence-corrected chi connectivity index (χ4v) is 1.20. The SMILES string of the molecule is COC(=O)c1cccc(SCl)n1. The molecule has 0 radical (unpaired) electrons. The second kappa shape index (κ2) is 4.33. The molecule has 0 saturated carbocycles. The number of methoxy groups -OCH3 is 1. The normalized spacial score (nSPS) is 9.50. The summed E-state index contributed by atoms with van der Waals surface area (Å²) in [5.74, 6) is -0.456. The number of pyridine rings is 1. The van der Waals surface area contributed by atoms with Crippen LogP contribution in [0.4, 0.5) is 0 Å². The van der Waals surface area contributed by atoms with Crippen LogP contribution in [0.3, 0.4) is 0 Å². The van der Waals surface area contributed by atoms with Gasteiger partial charge in [-0.2, -0.15) is 0 Å². The summed E-state index contributed by atoms with van der Waals surface area (Å²) in [6.07, 6.45) is 0. The Kier molecular flexibility index (Phi) is 3.37. The third-order valence-electron chi connectivity index (χ3n) is 1.20. The lowest BCUT2D eigenvalue weighted by molar-refractivity contribution is 0.0593. The molecule has 64 valence electrons. The Labute approximate surface area is 78.6 Å². The van der Waals surface area contributed by atoms with Crippen LogP contribution in [0, 0.1) is 0 Å². The number of carbonyl (C=O) groups excluding carboxylic acids is 1. The molecule has 0 bridgehead atoms. The molecule has 0 amide bonds. The van der Waals surface area contributed by atoms with Crippen molar-refractivity contribution in [2.45, 2.75) is 5.03 Å². The molecule has 0 saturated heterocycles. The molecule has 0 atom stereocenters. The van der Waals surface area contributed by atoms with E-state index in [4.69, 9.17) is 10.7 Å². The van der Waals surface area contributed by atoms with Crippen LogP contribution in [-0.2, 0) is 4.74 Å². The Bertz CT molecular complexity index is 292. The summed E-state index contributed by atoms with van der Waals surface area (Å²) >= 11 is 0. The molecule has 0 spiro atoms. The number of hydrogen-bond donors (Lipinski definition) is 0. The maximum Gasteiger partial charge on any atom is 0.356 e. The van der Waals surface area contributed by atoms with Crippen molar-refractivity contribution in [2.24, 2.45) is 0 Å². The zero-order valence-electron chi connectivity index (χ0n) is 6.28. The maximum absolute atomic E-state index is 10.9. The molecule has 0 aliphatic rings. The zero-order chi connectivity index (χ0) is 8.97. The monoisotopic (exact) mass is 203 g/mol. The van der Waals surface area contributed by atoms with Crippen molar-refractivity contribution in [3.63, 3.8) is 0 Å². The lowest BCUT2D eigenvalue weighted by atomic mass is 10.4. The Balaban J connectivity index is 2.93. The number of aromatic nitrogens is 1. The zero-order valence-corrected chi connectivity index (χ0v) is 7.85. The summed E-state index contributed by atoms with van der Waals surface area (Å²) in [5, 5.41) is 0.583. The fourth-order valence-electron chi connectivity index (χ4n) is 0.676. The van der Waals surface area contributed by atoms with Crippen molar-refractivity contribution >= 4 is 27.6 Å². The van der Waals surface area contributed by atoms with E-state index in [1.807, 2.05) is 0 Å². The second-order valence-corrected chi connectivity index (χ2v) is 2.97. The third-order valence-corrected chi connectivity index (χ3v) is 2.06. The molecule has 0 aliphatic heterocycles. The largest absolute Gasteiger partial charge is 0.464 e. The van der Waals surface area contributed by atoms with E-state index in [-0.39, 0.29) is 5.69 Å². The van der Waals surface area contributed by atoms with Crippen molar-refractivity contribution in [3.05, 3.63) is 23.9 Å². The second-order valence-electron chi connectivity index (χ2n) is 1.93. The van der Waals surface area contributed by atoms with Gasteiger partial charge in [-0.1, -0.05) is 6.07 Å². The van der Waals surface area contributed by atoms with Gasteiger partial charge in [0.05, 0.1) is 7.11 Å². The first kappa shape index (κ1) is 9.35. The van der Waals surface area contributed by atoms with Gasteiger partial charge in [-0.25, -0.2) is 9.78 Å². The number of ether oxygens (including phenoxy) is 1. The predicted octanol–water partition coefficient (Wildman–Crippen LogP) is 2.11. The lowest BCUT2D eigenvalue weighted by Crippen LogP contribution is -2.03. The Morgan fingerprint density at radius 2 is 2.42 bits per heavy atom. The Hall–Kier alpha value is -0.740. The summed E-state index contributed by atoms with van der Waals surface area (Å²) in [6, 6.07) is 4.98. The first-order valence-electron chi connectivity index (χ1n) is 3.12. The van der Waals surface area contributed by atoms with Crippen molar-refractivity contribution in [1.82, 2.24) is 4.98 Å². The van der Waals surface area contributed by atoms with Gasteiger partial charge in [0.25, 0.3) is 0 Å². The van der Waals surface area contributed by atoms with Gasteiger partial charge >= 0.3 is 5.97 Å². The molecule has 3 nitrogen and oxygen atoms in total. The van der Waals surface area contributed by atoms with E-state index in [1.54, 1.807) is 18.2 Å². The number of esters is 1. The van der Waals surface area contributed by atoms with Crippen LogP contribution in [0.25, 0.3) is 0 Å². The summed E-state index contributed by atoms with van der Waals surface area (Å²) in [7, 11) is 7.72. The standard InChI is InChI=1S/C7H6ClNO2S/c1-11-7(10)5-3-2-4-6(9-5)12-8/h2-4H,1H3. The van der Waals surface area contributed by atoms with Crippen LogP contribution >= 0.6 is 21.7 Å². The van der Waals surface area contributed by atoms with Gasteiger partial charge < -0.3 is 4.74 Å². The minimum Gasteiger partial charge on any atom is -0.464 e. The molecule has 0 aliphatic carbocycles. The van der Waals surface area contributed by atoms with Crippen molar-refractivity contribution in [1.29, 1.82) is 0 Å². The summed E-state index contributed by atoms with van der Waals surface area (Å²) in [5.41, 5.74) is 0.267.